The van der Waals surface area contributed by atoms with Gasteiger partial charge >= 0.3 is 18.1 Å². The van der Waals surface area contributed by atoms with Crippen LogP contribution in [0.3, 0.4) is 0 Å². The first kappa shape index (κ1) is 13.0. The van der Waals surface area contributed by atoms with Crippen molar-refractivity contribution in [2.75, 3.05) is 7.11 Å². The molecule has 0 rings (SSSR count). The maximum absolute atomic E-state index is 11.7. The van der Waals surface area contributed by atoms with Gasteiger partial charge in [-0.1, -0.05) is 11.6 Å². The molecule has 1 unspecified atom stereocenters. The number of carbonyl (C=O) groups is 2. The van der Waals surface area contributed by atoms with Crippen molar-refractivity contribution in [3.05, 3.63) is 0 Å². The zero-order valence-electron chi connectivity index (χ0n) is 7.24. The molecule has 0 saturated heterocycles. The lowest BCUT2D eigenvalue weighted by Gasteiger charge is -2.21. The molecule has 0 aromatic carbocycles. The number of amides is 1. The van der Waals surface area contributed by atoms with Gasteiger partial charge in [-0.2, -0.15) is 13.2 Å². The average molecular weight is 234 g/mol. The van der Waals surface area contributed by atoms with E-state index in [9.17, 15) is 22.8 Å². The zero-order valence-corrected chi connectivity index (χ0v) is 7.99. The number of carbonyl (C=O) groups excluding carboxylic acids is 2. The molecule has 1 amide bonds. The van der Waals surface area contributed by atoms with E-state index in [1.54, 1.807) is 0 Å². The summed E-state index contributed by atoms with van der Waals surface area (Å²) in [6, 6.07) is 0. The summed E-state index contributed by atoms with van der Waals surface area (Å²) in [5.74, 6) is -3.49. The molecule has 0 aromatic rings. The fraction of sp³-hybridized carbons (Fsp3) is 0.667. The number of alkyl halides is 4. The Hall–Kier alpha value is -0.980. The van der Waals surface area contributed by atoms with Crippen LogP contribution in [-0.2, 0) is 14.3 Å². The molecule has 0 radical (unpaired) electrons. The zero-order chi connectivity index (χ0) is 11.6. The number of hydrogen-bond acceptors (Lipinski definition) is 3. The van der Waals surface area contributed by atoms with Gasteiger partial charge in [0.1, 0.15) is 0 Å². The van der Waals surface area contributed by atoms with Crippen LogP contribution in [-0.4, -0.2) is 30.2 Å². The lowest BCUT2D eigenvalue weighted by molar-refractivity contribution is -0.176. The standard InChI is InChI=1S/C6H7ClF3NO3/c1-5(7,4(13)14-2)11-3(12)6(8,9)10/h1-2H3,(H,11,12). The van der Waals surface area contributed by atoms with Gasteiger partial charge in [0, 0.05) is 0 Å². The number of hydrogen-bond donors (Lipinski definition) is 1. The summed E-state index contributed by atoms with van der Waals surface area (Å²) in [5, 5.41) is 1.27. The van der Waals surface area contributed by atoms with Gasteiger partial charge in [0.05, 0.1) is 7.11 Å². The SMILES string of the molecule is COC(=O)C(C)(Cl)NC(=O)C(F)(F)F. The summed E-state index contributed by atoms with van der Waals surface area (Å²) in [7, 11) is 0.933. The van der Waals surface area contributed by atoms with Crippen LogP contribution in [0.2, 0.25) is 0 Å². The van der Waals surface area contributed by atoms with Crippen LogP contribution in [0.25, 0.3) is 0 Å². The lowest BCUT2D eigenvalue weighted by atomic mass is 10.3. The highest BCUT2D eigenvalue weighted by Gasteiger charge is 2.44. The molecule has 82 valence electrons. The monoisotopic (exact) mass is 233 g/mol. The maximum atomic E-state index is 11.7. The van der Waals surface area contributed by atoms with Crippen LogP contribution in [0.4, 0.5) is 13.2 Å². The van der Waals surface area contributed by atoms with E-state index in [0.717, 1.165) is 14.0 Å². The van der Waals surface area contributed by atoms with E-state index in [1.807, 2.05) is 0 Å². The van der Waals surface area contributed by atoms with Crippen molar-refractivity contribution in [3.63, 3.8) is 0 Å². The van der Waals surface area contributed by atoms with E-state index in [-0.39, 0.29) is 0 Å². The van der Waals surface area contributed by atoms with E-state index in [1.165, 1.54) is 5.32 Å². The third-order valence-electron chi connectivity index (χ3n) is 1.17. The second-order valence-corrected chi connectivity index (χ2v) is 3.20. The molecule has 0 spiro atoms. The number of ether oxygens (including phenoxy) is 1. The molecule has 0 aromatic heterocycles. The number of methoxy groups -OCH3 is 1. The Bertz CT molecular complexity index is 251. The summed E-state index contributed by atoms with van der Waals surface area (Å²) < 4.78 is 39.2. The Morgan fingerprint density at radius 3 is 2.07 bits per heavy atom. The van der Waals surface area contributed by atoms with Gasteiger partial charge in [0.2, 0.25) is 5.00 Å². The van der Waals surface area contributed by atoms with Gasteiger partial charge in [-0.25, -0.2) is 4.79 Å². The van der Waals surface area contributed by atoms with Crippen molar-refractivity contribution in [3.8, 4) is 0 Å². The Labute approximate surface area is 82.4 Å². The number of rotatable bonds is 2. The third-order valence-corrected chi connectivity index (χ3v) is 1.42. The van der Waals surface area contributed by atoms with Crippen molar-refractivity contribution in [1.82, 2.24) is 5.32 Å². The van der Waals surface area contributed by atoms with Crippen LogP contribution in [0.1, 0.15) is 6.92 Å². The van der Waals surface area contributed by atoms with Gasteiger partial charge in [0.25, 0.3) is 0 Å². The molecule has 1 atom stereocenters. The van der Waals surface area contributed by atoms with Gasteiger partial charge in [-0.15, -0.1) is 0 Å². The Balaban J connectivity index is 4.53. The largest absolute Gasteiger partial charge is 0.471 e. The molecule has 14 heavy (non-hydrogen) atoms. The molecule has 4 nitrogen and oxygen atoms in total. The summed E-state index contributed by atoms with van der Waals surface area (Å²) in [6.07, 6.45) is -5.09. The average Bonchev–Trinajstić information content (AvgIpc) is 2.00. The van der Waals surface area contributed by atoms with Crippen molar-refractivity contribution in [2.45, 2.75) is 18.1 Å². The van der Waals surface area contributed by atoms with Crippen LogP contribution in [0.15, 0.2) is 0 Å². The highest BCUT2D eigenvalue weighted by atomic mass is 35.5. The molecule has 8 heteroatoms. The lowest BCUT2D eigenvalue weighted by Crippen LogP contribution is -2.52. The van der Waals surface area contributed by atoms with Crippen molar-refractivity contribution in [2.24, 2.45) is 0 Å². The Kier molecular flexibility index (Phi) is 3.75. The summed E-state index contributed by atoms with van der Waals surface area (Å²) >= 11 is 5.28. The fourth-order valence-electron chi connectivity index (χ4n) is 0.527. The topological polar surface area (TPSA) is 55.4 Å². The minimum absolute atomic E-state index is 0.879. The van der Waals surface area contributed by atoms with E-state index in [0.29, 0.717) is 0 Å². The number of esters is 1. The normalized spacial score (nSPS) is 15.6. The van der Waals surface area contributed by atoms with Gasteiger partial charge in [-0.05, 0) is 6.92 Å². The van der Waals surface area contributed by atoms with Crippen molar-refractivity contribution >= 4 is 23.5 Å². The Morgan fingerprint density at radius 2 is 1.79 bits per heavy atom. The first-order valence-corrected chi connectivity index (χ1v) is 3.65. The van der Waals surface area contributed by atoms with Crippen LogP contribution in [0, 0.1) is 0 Å². The minimum atomic E-state index is -5.09. The Morgan fingerprint density at radius 1 is 1.36 bits per heavy atom. The van der Waals surface area contributed by atoms with E-state index in [2.05, 4.69) is 4.74 Å². The highest BCUT2D eigenvalue weighted by molar-refractivity contribution is 6.34. The third kappa shape index (κ3) is 3.41. The predicted molar refractivity (Wildman–Crippen MR) is 40.5 cm³/mol. The quantitative estimate of drug-likeness (QED) is 0.436. The second kappa shape index (κ2) is 4.04. The molecular formula is C6H7ClF3NO3. The van der Waals surface area contributed by atoms with Gasteiger partial charge in [-0.3, -0.25) is 4.79 Å². The molecular weight excluding hydrogens is 227 g/mol. The van der Waals surface area contributed by atoms with Gasteiger partial charge in [0.15, 0.2) is 0 Å². The van der Waals surface area contributed by atoms with E-state index < -0.39 is 23.1 Å². The highest BCUT2D eigenvalue weighted by Crippen LogP contribution is 2.19. The summed E-state index contributed by atoms with van der Waals surface area (Å²) in [5.41, 5.74) is 0. The van der Waals surface area contributed by atoms with Gasteiger partial charge < -0.3 is 10.1 Å². The molecule has 0 aliphatic rings. The summed E-state index contributed by atoms with van der Waals surface area (Å²) in [4.78, 5) is 18.9. The minimum Gasteiger partial charge on any atom is -0.466 e. The smallest absolute Gasteiger partial charge is 0.466 e. The molecule has 0 aliphatic carbocycles. The molecule has 0 bridgehead atoms. The molecule has 0 heterocycles. The molecule has 0 fully saturated rings. The maximum Gasteiger partial charge on any atom is 0.471 e. The summed E-state index contributed by atoms with van der Waals surface area (Å²) in [6.45, 7) is 0.879. The number of halogens is 4. The van der Waals surface area contributed by atoms with Crippen LogP contribution >= 0.6 is 11.6 Å². The van der Waals surface area contributed by atoms with E-state index in [4.69, 9.17) is 11.6 Å². The van der Waals surface area contributed by atoms with Crippen LogP contribution < -0.4 is 5.32 Å². The second-order valence-electron chi connectivity index (χ2n) is 2.45. The number of nitrogens with one attached hydrogen (secondary N) is 1. The molecule has 0 saturated carbocycles. The fourth-order valence-corrected chi connectivity index (χ4v) is 0.690. The first-order valence-electron chi connectivity index (χ1n) is 3.28. The predicted octanol–water partition coefficient (Wildman–Crippen LogP) is 0.793. The first-order chi connectivity index (χ1) is 6.11. The van der Waals surface area contributed by atoms with Crippen molar-refractivity contribution in [1.29, 1.82) is 0 Å². The molecule has 1 N–H and O–H groups in total. The molecule has 0 aliphatic heterocycles. The van der Waals surface area contributed by atoms with Crippen molar-refractivity contribution < 1.29 is 27.5 Å². The van der Waals surface area contributed by atoms with E-state index >= 15 is 0 Å². The van der Waals surface area contributed by atoms with Crippen LogP contribution in [0.5, 0.6) is 0 Å².